The molecule has 0 aliphatic carbocycles. The smallest absolute Gasteiger partial charge is 0.203 e. The average molecular weight is 330 g/mol. The number of nitrogens with one attached hydrogen (secondary N) is 1. The summed E-state index contributed by atoms with van der Waals surface area (Å²) in [4.78, 5) is 4.08. The van der Waals surface area contributed by atoms with Crippen LogP contribution in [0.2, 0.25) is 0 Å². The number of nitrogens with zero attached hydrogens (tertiary/aromatic N) is 1. The summed E-state index contributed by atoms with van der Waals surface area (Å²) in [6.07, 6.45) is 4.06. The van der Waals surface area contributed by atoms with E-state index in [-0.39, 0.29) is 12.0 Å². The van der Waals surface area contributed by atoms with Crippen molar-refractivity contribution in [2.24, 2.45) is 10.7 Å². The summed E-state index contributed by atoms with van der Waals surface area (Å²) in [5.74, 6) is 0.155. The largest absolute Gasteiger partial charge is 0.473 e. The number of hydrogen-bond acceptors (Lipinski definition) is 4. The lowest BCUT2D eigenvalue weighted by Gasteiger charge is -2.15. The number of nitrogens with two attached hydrogens (primary N) is 1. The zero-order valence-electron chi connectivity index (χ0n) is 14.0. The van der Waals surface area contributed by atoms with Crippen molar-refractivity contribution in [3.05, 3.63) is 34.8 Å². The van der Waals surface area contributed by atoms with Crippen molar-refractivity contribution in [2.75, 3.05) is 19.8 Å². The summed E-state index contributed by atoms with van der Waals surface area (Å²) in [6, 6.07) is 0. The Hall–Kier alpha value is -1.46. The van der Waals surface area contributed by atoms with Crippen LogP contribution in [0.5, 0.6) is 0 Å². The van der Waals surface area contributed by atoms with Crippen LogP contribution < -0.4 is 11.1 Å². The van der Waals surface area contributed by atoms with E-state index in [0.29, 0.717) is 24.8 Å². The molecule has 0 aromatic carbocycles. The van der Waals surface area contributed by atoms with Crippen LogP contribution in [-0.2, 0) is 9.47 Å². The minimum absolute atomic E-state index is 0.155. The van der Waals surface area contributed by atoms with Crippen molar-refractivity contribution in [3.63, 3.8) is 0 Å². The quantitative estimate of drug-likeness (QED) is 0.201. The van der Waals surface area contributed by atoms with Crippen molar-refractivity contribution < 1.29 is 9.47 Å². The monoisotopic (exact) mass is 329 g/mol. The van der Waals surface area contributed by atoms with Gasteiger partial charge in [-0.15, -0.1) is 0 Å². The van der Waals surface area contributed by atoms with Gasteiger partial charge in [0.15, 0.2) is 0 Å². The molecule has 0 fully saturated rings. The zero-order chi connectivity index (χ0) is 17.0. The van der Waals surface area contributed by atoms with Crippen LogP contribution in [-0.4, -0.2) is 32.2 Å². The fourth-order valence-electron chi connectivity index (χ4n) is 1.39. The van der Waals surface area contributed by atoms with Crippen LogP contribution in [0, 0.1) is 0 Å². The average Bonchev–Trinajstić information content (AvgIpc) is 2.46. The van der Waals surface area contributed by atoms with E-state index in [1.807, 2.05) is 20.8 Å². The molecule has 0 saturated heterocycles. The van der Waals surface area contributed by atoms with Crippen LogP contribution >= 0.6 is 11.6 Å². The summed E-state index contributed by atoms with van der Waals surface area (Å²) in [5.41, 5.74) is 7.40. The van der Waals surface area contributed by atoms with Gasteiger partial charge in [-0.05, 0) is 38.8 Å². The van der Waals surface area contributed by atoms with Crippen molar-refractivity contribution in [2.45, 2.75) is 40.2 Å². The van der Waals surface area contributed by atoms with E-state index in [1.54, 1.807) is 12.4 Å². The van der Waals surface area contributed by atoms with Gasteiger partial charge in [0, 0.05) is 18.8 Å². The van der Waals surface area contributed by atoms with E-state index in [4.69, 9.17) is 26.8 Å². The molecule has 1 atom stereocenters. The minimum atomic E-state index is -0.170. The second-order valence-corrected chi connectivity index (χ2v) is 5.23. The molecule has 1 unspecified atom stereocenters. The lowest BCUT2D eigenvalue weighted by atomic mass is 10.2. The SMILES string of the molecule is C=C(C)/C(=C\C(Cl)=C(/N)OC(C)COCCC)NC=NCC. The van der Waals surface area contributed by atoms with Gasteiger partial charge in [-0.2, -0.15) is 0 Å². The Morgan fingerprint density at radius 2 is 2.14 bits per heavy atom. The molecule has 0 aromatic rings. The number of hydrogen-bond donors (Lipinski definition) is 2. The molecule has 6 heteroatoms. The maximum Gasteiger partial charge on any atom is 0.203 e. The third-order valence-corrected chi connectivity index (χ3v) is 2.78. The van der Waals surface area contributed by atoms with Gasteiger partial charge in [0.2, 0.25) is 5.88 Å². The highest BCUT2D eigenvalue weighted by molar-refractivity contribution is 6.31. The maximum atomic E-state index is 6.18. The minimum Gasteiger partial charge on any atom is -0.473 e. The van der Waals surface area contributed by atoms with E-state index in [9.17, 15) is 0 Å². The Kier molecular flexibility index (Phi) is 11.3. The number of halogens is 1. The molecule has 5 nitrogen and oxygen atoms in total. The van der Waals surface area contributed by atoms with Gasteiger partial charge in [0.25, 0.3) is 0 Å². The Bertz CT molecular complexity index is 431. The summed E-state index contributed by atoms with van der Waals surface area (Å²) >= 11 is 6.18. The molecule has 0 aromatic heterocycles. The Morgan fingerprint density at radius 3 is 2.68 bits per heavy atom. The zero-order valence-corrected chi connectivity index (χ0v) is 14.7. The molecule has 0 saturated carbocycles. The summed E-state index contributed by atoms with van der Waals surface area (Å²) in [5, 5.41) is 3.32. The standard InChI is InChI=1S/C16H28ClN3O2/c1-6-8-21-10-13(5)22-16(18)14(17)9-15(12(3)4)20-11-19-7-2/h9,11,13H,3,6-8,10,18H2,1-2,4-5H3,(H,19,20)/b15-9+,16-14-. The Balaban J connectivity index is 4.76. The fraction of sp³-hybridized carbons (Fsp3) is 0.562. The molecule has 0 radical (unpaired) electrons. The lowest BCUT2D eigenvalue weighted by molar-refractivity contribution is 0.0244. The third-order valence-electron chi connectivity index (χ3n) is 2.49. The van der Waals surface area contributed by atoms with E-state index in [2.05, 4.69) is 23.8 Å². The predicted molar refractivity (Wildman–Crippen MR) is 93.8 cm³/mol. The first-order valence-electron chi connectivity index (χ1n) is 7.44. The predicted octanol–water partition coefficient (Wildman–Crippen LogP) is 3.28. The molecule has 0 bridgehead atoms. The van der Waals surface area contributed by atoms with E-state index >= 15 is 0 Å². The van der Waals surface area contributed by atoms with Crippen LogP contribution in [0.15, 0.2) is 39.8 Å². The fourth-order valence-corrected chi connectivity index (χ4v) is 1.55. The first-order valence-corrected chi connectivity index (χ1v) is 7.82. The molecule has 0 aliphatic heterocycles. The molecule has 0 heterocycles. The normalized spacial score (nSPS) is 14.7. The second-order valence-electron chi connectivity index (χ2n) is 4.83. The third kappa shape index (κ3) is 9.47. The molecule has 0 amide bonds. The van der Waals surface area contributed by atoms with Crippen molar-refractivity contribution in [1.29, 1.82) is 0 Å². The molecule has 0 spiro atoms. The number of allylic oxidation sites excluding steroid dienone is 3. The maximum absolute atomic E-state index is 6.18. The van der Waals surface area contributed by atoms with Crippen LogP contribution in [0.3, 0.4) is 0 Å². The second kappa shape index (κ2) is 12.1. The topological polar surface area (TPSA) is 68.9 Å². The summed E-state index contributed by atoms with van der Waals surface area (Å²) in [7, 11) is 0. The van der Waals surface area contributed by atoms with Gasteiger partial charge < -0.3 is 20.5 Å². The molecule has 22 heavy (non-hydrogen) atoms. The molecule has 3 N–H and O–H groups in total. The number of aliphatic imine (C=N–C) groups is 1. The Labute approximate surface area is 138 Å². The first-order chi connectivity index (χ1) is 10.4. The van der Waals surface area contributed by atoms with Crippen LogP contribution in [0.25, 0.3) is 0 Å². The van der Waals surface area contributed by atoms with Gasteiger partial charge in [0.05, 0.1) is 12.9 Å². The van der Waals surface area contributed by atoms with Crippen molar-refractivity contribution in [3.8, 4) is 0 Å². The van der Waals surface area contributed by atoms with E-state index in [1.165, 1.54) is 0 Å². The number of ether oxygens (including phenoxy) is 2. The van der Waals surface area contributed by atoms with Crippen LogP contribution in [0.4, 0.5) is 0 Å². The Morgan fingerprint density at radius 1 is 1.45 bits per heavy atom. The molecule has 0 rings (SSSR count). The first kappa shape index (κ1) is 20.5. The highest BCUT2D eigenvalue weighted by Gasteiger charge is 2.08. The summed E-state index contributed by atoms with van der Waals surface area (Å²) in [6.45, 7) is 13.5. The van der Waals surface area contributed by atoms with Crippen LogP contribution in [0.1, 0.15) is 34.1 Å². The lowest BCUT2D eigenvalue weighted by Crippen LogP contribution is -2.20. The van der Waals surface area contributed by atoms with E-state index in [0.717, 1.165) is 17.7 Å². The van der Waals surface area contributed by atoms with Gasteiger partial charge >= 0.3 is 0 Å². The molecule has 0 aliphatic rings. The molecule has 126 valence electrons. The highest BCUT2D eigenvalue weighted by atomic mass is 35.5. The number of rotatable bonds is 11. The van der Waals surface area contributed by atoms with Gasteiger partial charge in [-0.1, -0.05) is 25.1 Å². The van der Waals surface area contributed by atoms with Gasteiger partial charge in [-0.3, -0.25) is 4.99 Å². The molecular weight excluding hydrogens is 302 g/mol. The highest BCUT2D eigenvalue weighted by Crippen LogP contribution is 2.15. The van der Waals surface area contributed by atoms with Gasteiger partial charge in [-0.25, -0.2) is 0 Å². The van der Waals surface area contributed by atoms with Crippen molar-refractivity contribution >= 4 is 17.9 Å². The van der Waals surface area contributed by atoms with Crippen molar-refractivity contribution in [1.82, 2.24) is 5.32 Å². The summed E-state index contributed by atoms with van der Waals surface area (Å²) < 4.78 is 10.9. The molecular formula is C16H28ClN3O2. The van der Waals surface area contributed by atoms with E-state index < -0.39 is 0 Å². The van der Waals surface area contributed by atoms with Gasteiger partial charge in [0.1, 0.15) is 11.1 Å².